The summed E-state index contributed by atoms with van der Waals surface area (Å²) in [5, 5.41) is 3.10. The van der Waals surface area contributed by atoms with E-state index in [1.54, 1.807) is 7.11 Å². The van der Waals surface area contributed by atoms with Gasteiger partial charge in [0.1, 0.15) is 5.75 Å². The first-order chi connectivity index (χ1) is 10.4. The van der Waals surface area contributed by atoms with Gasteiger partial charge in [-0.25, -0.2) is 0 Å². The summed E-state index contributed by atoms with van der Waals surface area (Å²) in [5.74, 6) is 0.831. The van der Waals surface area contributed by atoms with Crippen LogP contribution in [0.2, 0.25) is 0 Å². The average molecular weight is 297 g/mol. The second-order valence-electron chi connectivity index (χ2n) is 6.07. The first-order valence-corrected chi connectivity index (χ1v) is 7.42. The minimum absolute atomic E-state index is 0.0198. The predicted molar refractivity (Wildman–Crippen MR) is 89.0 cm³/mol. The highest BCUT2D eigenvalue weighted by Gasteiger charge is 2.22. The molecular formula is C19H23NO2. The third-order valence-corrected chi connectivity index (χ3v) is 3.71. The summed E-state index contributed by atoms with van der Waals surface area (Å²) in [6.45, 7) is 6.04. The lowest BCUT2D eigenvalue weighted by atomic mass is 9.93. The van der Waals surface area contributed by atoms with E-state index in [1.165, 1.54) is 5.56 Å². The summed E-state index contributed by atoms with van der Waals surface area (Å²) in [6, 6.07) is 15.8. The van der Waals surface area contributed by atoms with Crippen molar-refractivity contribution in [1.82, 2.24) is 5.32 Å². The molecule has 0 unspecified atom stereocenters. The molecule has 0 heterocycles. The molecule has 3 nitrogen and oxygen atoms in total. The van der Waals surface area contributed by atoms with Crippen LogP contribution in [0.1, 0.15) is 30.5 Å². The monoisotopic (exact) mass is 297 g/mol. The zero-order valence-corrected chi connectivity index (χ0v) is 13.6. The molecule has 0 fully saturated rings. The van der Waals surface area contributed by atoms with E-state index in [1.807, 2.05) is 69.3 Å². The van der Waals surface area contributed by atoms with Crippen molar-refractivity contribution >= 4 is 5.91 Å². The molecule has 116 valence electrons. The number of hydrogen-bond donors (Lipinski definition) is 1. The van der Waals surface area contributed by atoms with Crippen molar-refractivity contribution in [3.63, 3.8) is 0 Å². The molecule has 0 aromatic heterocycles. The second-order valence-corrected chi connectivity index (χ2v) is 6.07. The molecule has 1 amide bonds. The molecule has 0 spiro atoms. The topological polar surface area (TPSA) is 38.3 Å². The molecule has 2 aromatic rings. The lowest BCUT2D eigenvalue weighted by molar-refractivity contribution is -0.122. The minimum Gasteiger partial charge on any atom is -0.497 e. The summed E-state index contributed by atoms with van der Waals surface area (Å²) >= 11 is 0. The maximum atomic E-state index is 12.3. The first-order valence-electron chi connectivity index (χ1n) is 7.42. The van der Waals surface area contributed by atoms with Gasteiger partial charge in [-0.2, -0.15) is 0 Å². The summed E-state index contributed by atoms with van der Waals surface area (Å²) in [4.78, 5) is 12.3. The Kier molecular flexibility index (Phi) is 4.86. The lowest BCUT2D eigenvalue weighted by Crippen LogP contribution is -2.41. The molecule has 22 heavy (non-hydrogen) atoms. The van der Waals surface area contributed by atoms with Crippen LogP contribution >= 0.6 is 0 Å². The molecule has 3 heteroatoms. The fourth-order valence-electron chi connectivity index (χ4n) is 2.48. The van der Waals surface area contributed by atoms with E-state index in [4.69, 9.17) is 4.74 Å². The number of methoxy groups -OCH3 is 1. The maximum absolute atomic E-state index is 12.3. The van der Waals surface area contributed by atoms with Gasteiger partial charge in [-0.1, -0.05) is 42.0 Å². The van der Waals surface area contributed by atoms with Gasteiger partial charge < -0.3 is 10.1 Å². The van der Waals surface area contributed by atoms with Gasteiger partial charge in [-0.05, 0) is 44.0 Å². The molecule has 0 aliphatic carbocycles. The Balaban J connectivity index is 2.05. The van der Waals surface area contributed by atoms with Crippen LogP contribution in [0.15, 0.2) is 48.5 Å². The van der Waals surface area contributed by atoms with Crippen LogP contribution < -0.4 is 10.1 Å². The molecule has 1 N–H and O–H groups in total. The molecule has 2 aromatic carbocycles. The molecule has 0 bridgehead atoms. The molecular weight excluding hydrogens is 274 g/mol. The van der Waals surface area contributed by atoms with Gasteiger partial charge in [-0.15, -0.1) is 0 Å². The molecule has 0 radical (unpaired) electrons. The van der Waals surface area contributed by atoms with Crippen molar-refractivity contribution in [2.45, 2.75) is 32.7 Å². The van der Waals surface area contributed by atoms with Gasteiger partial charge in [0.2, 0.25) is 5.91 Å². The average Bonchev–Trinajstić information content (AvgIpc) is 2.46. The summed E-state index contributed by atoms with van der Waals surface area (Å²) in [6.07, 6.45) is 0.390. The number of aryl methyl sites for hydroxylation is 1. The zero-order valence-electron chi connectivity index (χ0n) is 13.6. The van der Waals surface area contributed by atoms with Crippen molar-refractivity contribution in [3.8, 4) is 5.75 Å². The first kappa shape index (κ1) is 16.1. The summed E-state index contributed by atoms with van der Waals surface area (Å²) in [5.41, 5.74) is 2.82. The van der Waals surface area contributed by atoms with Gasteiger partial charge in [0.25, 0.3) is 0 Å². The predicted octanol–water partition coefficient (Wildman–Crippen LogP) is 3.60. The van der Waals surface area contributed by atoms with Gasteiger partial charge in [0.05, 0.1) is 19.1 Å². The Morgan fingerprint density at radius 3 is 2.41 bits per heavy atom. The van der Waals surface area contributed by atoms with E-state index in [0.29, 0.717) is 6.42 Å². The SMILES string of the molecule is COc1ccc(C(C)(C)NC(=O)Cc2cccc(C)c2)cc1. The summed E-state index contributed by atoms with van der Waals surface area (Å²) < 4.78 is 5.17. The molecule has 0 aliphatic heterocycles. The number of nitrogens with one attached hydrogen (secondary N) is 1. The highest BCUT2D eigenvalue weighted by molar-refractivity contribution is 5.79. The van der Waals surface area contributed by atoms with Crippen molar-refractivity contribution in [1.29, 1.82) is 0 Å². The fraction of sp³-hybridized carbons (Fsp3) is 0.316. The number of benzene rings is 2. The van der Waals surface area contributed by atoms with E-state index in [-0.39, 0.29) is 5.91 Å². The van der Waals surface area contributed by atoms with Crippen LogP contribution in [0.4, 0.5) is 0 Å². The van der Waals surface area contributed by atoms with Crippen molar-refractivity contribution in [2.75, 3.05) is 7.11 Å². The van der Waals surface area contributed by atoms with E-state index >= 15 is 0 Å². The fourth-order valence-corrected chi connectivity index (χ4v) is 2.48. The number of rotatable bonds is 5. The van der Waals surface area contributed by atoms with Crippen LogP contribution in [0.3, 0.4) is 0 Å². The van der Waals surface area contributed by atoms with Crippen molar-refractivity contribution < 1.29 is 9.53 Å². The number of ether oxygens (including phenoxy) is 1. The third-order valence-electron chi connectivity index (χ3n) is 3.71. The molecule has 0 saturated carbocycles. The minimum atomic E-state index is -0.423. The molecule has 0 atom stereocenters. The largest absolute Gasteiger partial charge is 0.497 e. The van der Waals surface area contributed by atoms with E-state index in [2.05, 4.69) is 5.32 Å². The Morgan fingerprint density at radius 2 is 1.82 bits per heavy atom. The standard InChI is InChI=1S/C19H23NO2/c1-14-6-5-7-15(12-14)13-18(21)20-19(2,3)16-8-10-17(22-4)11-9-16/h5-12H,13H2,1-4H3,(H,20,21). The molecule has 0 saturated heterocycles. The van der Waals surface area contributed by atoms with Gasteiger partial charge in [0, 0.05) is 0 Å². The smallest absolute Gasteiger partial charge is 0.225 e. The van der Waals surface area contributed by atoms with Crippen LogP contribution in [0, 0.1) is 6.92 Å². The molecule has 0 aliphatic rings. The normalized spacial score (nSPS) is 11.1. The Morgan fingerprint density at radius 1 is 1.14 bits per heavy atom. The Bertz CT molecular complexity index is 645. The van der Waals surface area contributed by atoms with Gasteiger partial charge in [-0.3, -0.25) is 4.79 Å². The summed E-state index contributed by atoms with van der Waals surface area (Å²) in [7, 11) is 1.64. The van der Waals surface area contributed by atoms with E-state index < -0.39 is 5.54 Å². The maximum Gasteiger partial charge on any atom is 0.225 e. The van der Waals surface area contributed by atoms with Gasteiger partial charge >= 0.3 is 0 Å². The number of carbonyl (C=O) groups is 1. The lowest BCUT2D eigenvalue weighted by Gasteiger charge is -2.27. The zero-order chi connectivity index (χ0) is 16.2. The van der Waals surface area contributed by atoms with Crippen LogP contribution in [0.25, 0.3) is 0 Å². The van der Waals surface area contributed by atoms with Crippen molar-refractivity contribution in [3.05, 3.63) is 65.2 Å². The second kappa shape index (κ2) is 6.65. The van der Waals surface area contributed by atoms with Gasteiger partial charge in [0.15, 0.2) is 0 Å². The van der Waals surface area contributed by atoms with Crippen molar-refractivity contribution in [2.24, 2.45) is 0 Å². The quantitative estimate of drug-likeness (QED) is 0.915. The highest BCUT2D eigenvalue weighted by Crippen LogP contribution is 2.22. The van der Waals surface area contributed by atoms with Crippen LogP contribution in [0.5, 0.6) is 5.75 Å². The molecule has 2 rings (SSSR count). The van der Waals surface area contributed by atoms with E-state index in [9.17, 15) is 4.79 Å². The number of amides is 1. The number of carbonyl (C=O) groups excluding carboxylic acids is 1. The van der Waals surface area contributed by atoms with E-state index in [0.717, 1.165) is 16.9 Å². The van der Waals surface area contributed by atoms with Crippen LogP contribution in [-0.4, -0.2) is 13.0 Å². The highest BCUT2D eigenvalue weighted by atomic mass is 16.5. The van der Waals surface area contributed by atoms with Crippen LogP contribution in [-0.2, 0) is 16.8 Å². The Labute approximate surface area is 132 Å². The number of hydrogen-bond acceptors (Lipinski definition) is 2. The Hall–Kier alpha value is -2.29. The third kappa shape index (κ3) is 4.10.